The molecule has 1 saturated carbocycles. The lowest BCUT2D eigenvalue weighted by Crippen LogP contribution is -2.42. The Morgan fingerprint density at radius 3 is 2.70 bits per heavy atom. The van der Waals surface area contributed by atoms with Crippen LogP contribution < -0.4 is 4.74 Å². The van der Waals surface area contributed by atoms with Gasteiger partial charge >= 0.3 is 0 Å². The fourth-order valence-electron chi connectivity index (χ4n) is 2.67. The predicted octanol–water partition coefficient (Wildman–Crippen LogP) is 2.92. The number of hydrogen-bond donors (Lipinski definition) is 1. The zero-order valence-electron chi connectivity index (χ0n) is 12.8. The molecule has 1 aliphatic rings. The maximum atomic E-state index is 9.13. The Bertz CT molecular complexity index is 415. The van der Waals surface area contributed by atoms with Crippen LogP contribution in [0.15, 0.2) is 18.2 Å². The number of benzene rings is 1. The number of aliphatic hydroxyl groups excluding tert-OH is 1. The zero-order valence-corrected chi connectivity index (χ0v) is 12.8. The van der Waals surface area contributed by atoms with Crippen molar-refractivity contribution in [3.8, 4) is 5.75 Å². The van der Waals surface area contributed by atoms with E-state index in [-0.39, 0.29) is 6.61 Å². The van der Waals surface area contributed by atoms with E-state index in [4.69, 9.17) is 9.84 Å². The molecule has 1 aromatic carbocycles. The third-order valence-corrected chi connectivity index (χ3v) is 4.17. The van der Waals surface area contributed by atoms with Crippen LogP contribution in [0.3, 0.4) is 0 Å². The molecule has 2 rings (SSSR count). The molecule has 0 saturated heterocycles. The summed E-state index contributed by atoms with van der Waals surface area (Å²) in [5.41, 5.74) is 2.43. The second-order valence-corrected chi connectivity index (χ2v) is 5.82. The third kappa shape index (κ3) is 4.22. The first-order chi connectivity index (χ1) is 9.70. The topological polar surface area (TPSA) is 32.7 Å². The van der Waals surface area contributed by atoms with Crippen molar-refractivity contribution in [2.24, 2.45) is 0 Å². The summed E-state index contributed by atoms with van der Waals surface area (Å²) in [6.07, 6.45) is 4.94. The summed E-state index contributed by atoms with van der Waals surface area (Å²) in [6, 6.07) is 7.02. The molecule has 3 nitrogen and oxygen atoms in total. The molecule has 1 aliphatic carbocycles. The Balaban J connectivity index is 1.73. The Morgan fingerprint density at radius 1 is 1.25 bits per heavy atom. The van der Waals surface area contributed by atoms with E-state index >= 15 is 0 Å². The first kappa shape index (κ1) is 15.3. The van der Waals surface area contributed by atoms with Gasteiger partial charge in [-0.25, -0.2) is 0 Å². The van der Waals surface area contributed by atoms with Gasteiger partial charge in [-0.2, -0.15) is 0 Å². The smallest absolute Gasteiger partial charge is 0.122 e. The van der Waals surface area contributed by atoms with E-state index in [1.807, 2.05) is 0 Å². The summed E-state index contributed by atoms with van der Waals surface area (Å²) in [7, 11) is 0. The van der Waals surface area contributed by atoms with Crippen molar-refractivity contribution in [1.29, 1.82) is 0 Å². The number of aryl methyl sites for hydroxylation is 2. The maximum absolute atomic E-state index is 9.13. The summed E-state index contributed by atoms with van der Waals surface area (Å²) in [5, 5.41) is 9.13. The van der Waals surface area contributed by atoms with Crippen LogP contribution in [0.5, 0.6) is 5.75 Å². The minimum absolute atomic E-state index is 0.258. The van der Waals surface area contributed by atoms with Gasteiger partial charge in [-0.15, -0.1) is 0 Å². The van der Waals surface area contributed by atoms with E-state index in [2.05, 4.69) is 36.9 Å². The molecule has 0 radical (unpaired) electrons. The van der Waals surface area contributed by atoms with Gasteiger partial charge in [0.05, 0.1) is 13.2 Å². The molecular formula is C17H27NO2. The van der Waals surface area contributed by atoms with Crippen LogP contribution in [-0.4, -0.2) is 42.4 Å². The molecular weight excluding hydrogens is 250 g/mol. The van der Waals surface area contributed by atoms with Crippen LogP contribution >= 0.6 is 0 Å². The van der Waals surface area contributed by atoms with Crippen molar-refractivity contribution in [3.05, 3.63) is 29.3 Å². The first-order valence-electron chi connectivity index (χ1n) is 7.75. The number of hydrogen-bond acceptors (Lipinski definition) is 3. The fourth-order valence-corrected chi connectivity index (χ4v) is 2.67. The highest BCUT2D eigenvalue weighted by Crippen LogP contribution is 2.24. The highest BCUT2D eigenvalue weighted by molar-refractivity contribution is 5.35. The molecule has 0 spiro atoms. The van der Waals surface area contributed by atoms with Gasteiger partial charge in [0.15, 0.2) is 0 Å². The first-order valence-corrected chi connectivity index (χ1v) is 7.75. The average molecular weight is 277 g/mol. The van der Waals surface area contributed by atoms with Crippen molar-refractivity contribution in [2.45, 2.75) is 45.6 Å². The van der Waals surface area contributed by atoms with E-state index in [1.54, 1.807) is 0 Å². The molecule has 0 aromatic heterocycles. The molecule has 112 valence electrons. The summed E-state index contributed by atoms with van der Waals surface area (Å²) in [5.74, 6) is 1.00. The highest BCUT2D eigenvalue weighted by Gasteiger charge is 2.23. The minimum atomic E-state index is 0.258. The molecule has 20 heavy (non-hydrogen) atoms. The number of aliphatic hydroxyl groups is 1. The zero-order chi connectivity index (χ0) is 14.4. The van der Waals surface area contributed by atoms with Gasteiger partial charge in [0.1, 0.15) is 5.75 Å². The molecule has 0 unspecified atom stereocenters. The summed E-state index contributed by atoms with van der Waals surface area (Å²) >= 11 is 0. The monoisotopic (exact) mass is 277 g/mol. The Kier molecular flexibility index (Phi) is 5.86. The van der Waals surface area contributed by atoms with Gasteiger partial charge in [0.2, 0.25) is 0 Å². The lowest BCUT2D eigenvalue weighted by atomic mass is 9.91. The molecule has 3 heteroatoms. The van der Waals surface area contributed by atoms with Gasteiger partial charge in [0, 0.05) is 19.1 Å². The minimum Gasteiger partial charge on any atom is -0.493 e. The van der Waals surface area contributed by atoms with Crippen LogP contribution in [0.2, 0.25) is 0 Å². The van der Waals surface area contributed by atoms with Crippen LogP contribution in [0, 0.1) is 13.8 Å². The molecule has 1 fully saturated rings. The van der Waals surface area contributed by atoms with Crippen molar-refractivity contribution in [2.75, 3.05) is 26.3 Å². The number of nitrogens with zero attached hydrogens (tertiary/aromatic N) is 1. The van der Waals surface area contributed by atoms with Crippen LogP contribution in [0.4, 0.5) is 0 Å². The molecule has 0 amide bonds. The SMILES string of the molecule is Cc1ccc(C)c(OCCCN(CCO)C2CCC2)c1. The van der Waals surface area contributed by atoms with Crippen molar-refractivity contribution < 1.29 is 9.84 Å². The van der Waals surface area contributed by atoms with Crippen LogP contribution in [-0.2, 0) is 0 Å². The Hall–Kier alpha value is -1.06. The average Bonchev–Trinajstić information content (AvgIpc) is 2.36. The molecule has 1 N–H and O–H groups in total. The second kappa shape index (κ2) is 7.65. The second-order valence-electron chi connectivity index (χ2n) is 5.82. The van der Waals surface area contributed by atoms with Crippen LogP contribution in [0.25, 0.3) is 0 Å². The summed E-state index contributed by atoms with van der Waals surface area (Å²) < 4.78 is 5.89. The normalized spacial score (nSPS) is 15.4. The van der Waals surface area contributed by atoms with Gasteiger partial charge in [-0.3, -0.25) is 4.90 Å². The summed E-state index contributed by atoms with van der Waals surface area (Å²) in [4.78, 5) is 2.41. The van der Waals surface area contributed by atoms with Gasteiger partial charge < -0.3 is 9.84 Å². The largest absolute Gasteiger partial charge is 0.493 e. The Labute approximate surface area is 122 Å². The predicted molar refractivity (Wildman–Crippen MR) is 82.3 cm³/mol. The quantitative estimate of drug-likeness (QED) is 0.742. The molecule has 0 bridgehead atoms. The van der Waals surface area contributed by atoms with E-state index in [1.165, 1.54) is 30.4 Å². The third-order valence-electron chi connectivity index (χ3n) is 4.17. The van der Waals surface area contributed by atoms with E-state index < -0.39 is 0 Å². The van der Waals surface area contributed by atoms with Gasteiger partial charge in [0.25, 0.3) is 0 Å². The van der Waals surface area contributed by atoms with Crippen molar-refractivity contribution in [3.63, 3.8) is 0 Å². The number of ether oxygens (including phenoxy) is 1. The lowest BCUT2D eigenvalue weighted by Gasteiger charge is -2.37. The van der Waals surface area contributed by atoms with Crippen LogP contribution in [0.1, 0.15) is 36.8 Å². The molecule has 0 heterocycles. The van der Waals surface area contributed by atoms with E-state index in [0.29, 0.717) is 6.04 Å². The molecule has 0 atom stereocenters. The van der Waals surface area contributed by atoms with Crippen molar-refractivity contribution >= 4 is 0 Å². The maximum Gasteiger partial charge on any atom is 0.122 e. The molecule has 0 aliphatic heterocycles. The van der Waals surface area contributed by atoms with E-state index in [9.17, 15) is 0 Å². The lowest BCUT2D eigenvalue weighted by molar-refractivity contribution is 0.0952. The highest BCUT2D eigenvalue weighted by atomic mass is 16.5. The Morgan fingerprint density at radius 2 is 2.05 bits per heavy atom. The van der Waals surface area contributed by atoms with Gasteiger partial charge in [-0.05, 0) is 50.3 Å². The molecule has 1 aromatic rings. The van der Waals surface area contributed by atoms with Gasteiger partial charge in [-0.1, -0.05) is 18.6 Å². The van der Waals surface area contributed by atoms with E-state index in [0.717, 1.165) is 31.9 Å². The summed E-state index contributed by atoms with van der Waals surface area (Å²) in [6.45, 7) is 7.00. The van der Waals surface area contributed by atoms with Crippen molar-refractivity contribution in [1.82, 2.24) is 4.90 Å². The standard InChI is InChI=1S/C17H27NO2/c1-14-7-8-15(2)17(13-14)20-12-4-9-18(10-11-19)16-5-3-6-16/h7-8,13,16,19H,3-6,9-12H2,1-2H3. The number of rotatable bonds is 8. The fraction of sp³-hybridized carbons (Fsp3) is 0.647.